The van der Waals surface area contributed by atoms with Crippen molar-refractivity contribution in [3.05, 3.63) is 48.2 Å². The average molecular weight is 373 g/mol. The highest BCUT2D eigenvalue weighted by Crippen LogP contribution is 2.34. The van der Waals surface area contributed by atoms with Crippen molar-refractivity contribution in [1.82, 2.24) is 9.80 Å². The fraction of sp³-hybridized carbons (Fsp3) is 0.609. The summed E-state index contributed by atoms with van der Waals surface area (Å²) in [5.74, 6) is 0. The van der Waals surface area contributed by atoms with Crippen molar-refractivity contribution in [2.45, 2.75) is 83.4 Å². The minimum Gasteiger partial charge on any atom is -0.393 e. The predicted octanol–water partition coefficient (Wildman–Crippen LogP) is 5.50. The van der Waals surface area contributed by atoms with E-state index in [1.807, 2.05) is 37.5 Å². The maximum atomic E-state index is 12.6. The lowest BCUT2D eigenvalue weighted by molar-refractivity contribution is 0.163. The molecule has 1 N–H and O–H groups in total. The van der Waals surface area contributed by atoms with Crippen molar-refractivity contribution in [3.63, 3.8) is 0 Å². The first-order valence-electron chi connectivity index (χ1n) is 10.5. The molecule has 0 aliphatic carbocycles. The number of urea groups is 1. The third-order valence-electron chi connectivity index (χ3n) is 5.60. The Labute approximate surface area is 164 Å². The number of aliphatic hydroxyl groups is 1. The summed E-state index contributed by atoms with van der Waals surface area (Å²) in [4.78, 5) is 16.2. The molecule has 1 saturated heterocycles. The summed E-state index contributed by atoms with van der Waals surface area (Å²) in [5, 5.41) is 10.2. The molecule has 4 nitrogen and oxygen atoms in total. The summed E-state index contributed by atoms with van der Waals surface area (Å²) in [6.45, 7) is 4.30. The third kappa shape index (κ3) is 6.10. The van der Waals surface area contributed by atoms with Crippen LogP contribution in [0, 0.1) is 0 Å². The topological polar surface area (TPSA) is 43.8 Å². The Morgan fingerprint density at radius 2 is 1.78 bits per heavy atom. The van der Waals surface area contributed by atoms with Crippen LogP contribution in [0.25, 0.3) is 0 Å². The Hall–Kier alpha value is -1.81. The Balaban J connectivity index is 1.85. The number of nitrogens with zero attached hydrogens (tertiary/aromatic N) is 2. The van der Waals surface area contributed by atoms with E-state index >= 15 is 0 Å². The molecule has 4 heteroatoms. The second-order valence-electron chi connectivity index (χ2n) is 7.73. The lowest BCUT2D eigenvalue weighted by Crippen LogP contribution is -2.28. The van der Waals surface area contributed by atoms with Gasteiger partial charge >= 0.3 is 6.03 Å². The molecule has 2 rings (SSSR count). The van der Waals surface area contributed by atoms with Gasteiger partial charge in [0.05, 0.1) is 18.2 Å². The van der Waals surface area contributed by atoms with Crippen molar-refractivity contribution in [3.8, 4) is 0 Å². The van der Waals surface area contributed by atoms with Gasteiger partial charge in [0, 0.05) is 13.2 Å². The van der Waals surface area contributed by atoms with Crippen molar-refractivity contribution >= 4 is 6.03 Å². The van der Waals surface area contributed by atoms with Gasteiger partial charge in [-0.2, -0.15) is 0 Å². The van der Waals surface area contributed by atoms with Crippen molar-refractivity contribution in [2.75, 3.05) is 7.05 Å². The minimum absolute atomic E-state index is 0.00987. The van der Waals surface area contributed by atoms with Crippen molar-refractivity contribution in [1.29, 1.82) is 0 Å². The lowest BCUT2D eigenvalue weighted by Gasteiger charge is -2.23. The highest BCUT2D eigenvalue weighted by molar-refractivity contribution is 5.79. The van der Waals surface area contributed by atoms with Crippen LogP contribution in [0.4, 0.5) is 4.79 Å². The molecule has 1 aromatic rings. The van der Waals surface area contributed by atoms with E-state index in [4.69, 9.17) is 0 Å². The van der Waals surface area contributed by atoms with Crippen LogP contribution >= 0.6 is 0 Å². The van der Waals surface area contributed by atoms with E-state index in [2.05, 4.69) is 26.0 Å². The SMILES string of the molecule is CCCCCCCC[C@@H](O)C/C=C\N1C(=O)N(C)[C@@H](C)[C@H]1c1ccccc1. The fourth-order valence-corrected chi connectivity index (χ4v) is 3.78. The van der Waals surface area contributed by atoms with Crippen LogP contribution in [0.3, 0.4) is 0 Å². The molecule has 0 aromatic heterocycles. The summed E-state index contributed by atoms with van der Waals surface area (Å²) >= 11 is 0. The first kappa shape index (κ1) is 21.5. The fourth-order valence-electron chi connectivity index (χ4n) is 3.78. The van der Waals surface area contributed by atoms with Gasteiger partial charge in [0.15, 0.2) is 0 Å². The Morgan fingerprint density at radius 1 is 1.11 bits per heavy atom. The van der Waals surface area contributed by atoms with Crippen molar-refractivity contribution in [2.24, 2.45) is 0 Å². The average Bonchev–Trinajstić information content (AvgIpc) is 2.89. The van der Waals surface area contributed by atoms with Gasteiger partial charge in [0.2, 0.25) is 0 Å². The summed E-state index contributed by atoms with van der Waals surface area (Å²) < 4.78 is 0. The van der Waals surface area contributed by atoms with E-state index in [9.17, 15) is 9.90 Å². The zero-order valence-electron chi connectivity index (χ0n) is 17.2. The molecule has 150 valence electrons. The van der Waals surface area contributed by atoms with Gasteiger partial charge in [-0.15, -0.1) is 0 Å². The standard InChI is InChI=1S/C23H36N2O2/c1-4-5-6-7-8-12-16-21(26)17-13-18-25-22(19(2)24(3)23(25)27)20-14-10-9-11-15-20/h9-11,13-15,18-19,21-22,26H,4-8,12,16-17H2,1-3H3/b18-13-/t19-,21+,22-/m0/s1. The minimum atomic E-state index is -0.324. The molecular formula is C23H36N2O2. The molecule has 0 spiro atoms. The van der Waals surface area contributed by atoms with Gasteiger partial charge in [-0.3, -0.25) is 4.90 Å². The molecule has 1 aromatic carbocycles. The predicted molar refractivity (Wildman–Crippen MR) is 111 cm³/mol. The molecule has 0 radical (unpaired) electrons. The number of amides is 2. The van der Waals surface area contributed by atoms with Crippen LogP contribution < -0.4 is 0 Å². The largest absolute Gasteiger partial charge is 0.393 e. The van der Waals surface area contributed by atoms with E-state index in [-0.39, 0.29) is 24.2 Å². The maximum absolute atomic E-state index is 12.6. The third-order valence-corrected chi connectivity index (χ3v) is 5.60. The monoisotopic (exact) mass is 372 g/mol. The molecule has 1 fully saturated rings. The number of aliphatic hydroxyl groups excluding tert-OH is 1. The quantitative estimate of drug-likeness (QED) is 0.521. The Morgan fingerprint density at radius 3 is 2.48 bits per heavy atom. The van der Waals surface area contributed by atoms with Gasteiger partial charge in [-0.05, 0) is 25.3 Å². The number of benzene rings is 1. The lowest BCUT2D eigenvalue weighted by atomic mass is 10.0. The zero-order chi connectivity index (χ0) is 19.6. The normalized spacial score (nSPS) is 21.4. The van der Waals surface area contributed by atoms with E-state index in [1.165, 1.54) is 32.1 Å². The van der Waals surface area contributed by atoms with Gasteiger partial charge < -0.3 is 10.0 Å². The van der Waals surface area contributed by atoms with Crippen LogP contribution in [-0.2, 0) is 0 Å². The summed E-state index contributed by atoms with van der Waals surface area (Å²) in [6, 6.07) is 10.3. The molecule has 0 saturated carbocycles. The molecular weight excluding hydrogens is 336 g/mol. The summed E-state index contributed by atoms with van der Waals surface area (Å²) in [5.41, 5.74) is 1.14. The first-order valence-corrected chi connectivity index (χ1v) is 10.5. The molecule has 0 bridgehead atoms. The number of hydrogen-bond acceptors (Lipinski definition) is 2. The maximum Gasteiger partial charge on any atom is 0.324 e. The van der Waals surface area contributed by atoms with Crippen LogP contribution in [0.2, 0.25) is 0 Å². The zero-order valence-corrected chi connectivity index (χ0v) is 17.2. The molecule has 1 heterocycles. The number of rotatable bonds is 11. The van der Waals surface area contributed by atoms with E-state index < -0.39 is 0 Å². The Kier molecular flexibility index (Phi) is 8.86. The van der Waals surface area contributed by atoms with Crippen molar-refractivity contribution < 1.29 is 9.90 Å². The number of likely N-dealkylation sites (N-methyl/N-ethyl adjacent to an activating group) is 1. The summed E-state index contributed by atoms with van der Waals surface area (Å²) in [6.07, 6.45) is 12.3. The van der Waals surface area contributed by atoms with Gasteiger partial charge in [-0.1, -0.05) is 81.9 Å². The van der Waals surface area contributed by atoms with E-state index in [0.29, 0.717) is 6.42 Å². The van der Waals surface area contributed by atoms with Gasteiger partial charge in [-0.25, -0.2) is 4.79 Å². The highest BCUT2D eigenvalue weighted by atomic mass is 16.3. The number of carbonyl (C=O) groups is 1. The highest BCUT2D eigenvalue weighted by Gasteiger charge is 2.40. The van der Waals surface area contributed by atoms with Crippen LogP contribution in [0.15, 0.2) is 42.6 Å². The number of carbonyl (C=O) groups excluding carboxylic acids is 1. The van der Waals surface area contributed by atoms with Gasteiger partial charge in [0.1, 0.15) is 0 Å². The van der Waals surface area contributed by atoms with Gasteiger partial charge in [0.25, 0.3) is 0 Å². The second kappa shape index (κ2) is 11.1. The molecule has 0 unspecified atom stereocenters. The number of unbranched alkanes of at least 4 members (excludes halogenated alkanes) is 5. The van der Waals surface area contributed by atoms with E-state index in [1.54, 1.807) is 9.80 Å². The molecule has 3 atom stereocenters. The molecule has 2 amide bonds. The smallest absolute Gasteiger partial charge is 0.324 e. The Bertz CT molecular complexity index is 587. The molecule has 27 heavy (non-hydrogen) atoms. The summed E-state index contributed by atoms with van der Waals surface area (Å²) in [7, 11) is 1.85. The van der Waals surface area contributed by atoms with Crippen LogP contribution in [-0.4, -0.2) is 40.1 Å². The number of hydrogen-bond donors (Lipinski definition) is 1. The van der Waals surface area contributed by atoms with Crippen LogP contribution in [0.5, 0.6) is 0 Å². The molecule has 1 aliphatic rings. The second-order valence-corrected chi connectivity index (χ2v) is 7.73. The molecule has 1 aliphatic heterocycles. The van der Waals surface area contributed by atoms with E-state index in [0.717, 1.165) is 18.4 Å². The first-order chi connectivity index (χ1) is 13.1. The van der Waals surface area contributed by atoms with Crippen LogP contribution in [0.1, 0.15) is 76.8 Å².